The Balaban J connectivity index is 1.25. The fourth-order valence-corrected chi connectivity index (χ4v) is 4.61. The van der Waals surface area contributed by atoms with E-state index >= 15 is 0 Å². The number of carbonyl (C=O) groups excluding carboxylic acids is 1. The fourth-order valence-electron chi connectivity index (χ4n) is 4.61. The van der Waals surface area contributed by atoms with Crippen LogP contribution in [0.2, 0.25) is 0 Å². The lowest BCUT2D eigenvalue weighted by molar-refractivity contribution is -0.139. The van der Waals surface area contributed by atoms with Crippen molar-refractivity contribution >= 4 is 12.1 Å². The molecule has 2 N–H and O–H groups in total. The van der Waals surface area contributed by atoms with Gasteiger partial charge >= 0.3 is 12.1 Å². The van der Waals surface area contributed by atoms with Crippen LogP contribution in [0.5, 0.6) is 11.5 Å². The summed E-state index contributed by atoms with van der Waals surface area (Å²) in [5, 5.41) is 12.2. The lowest BCUT2D eigenvalue weighted by atomic mass is 9.98. The maximum atomic E-state index is 12.6. The van der Waals surface area contributed by atoms with Crippen molar-refractivity contribution in [3.05, 3.63) is 83.4 Å². The third-order valence-corrected chi connectivity index (χ3v) is 6.09. The van der Waals surface area contributed by atoms with Gasteiger partial charge in [-0.05, 0) is 39.9 Å². The molecule has 5 rings (SSSR count). The van der Waals surface area contributed by atoms with Crippen LogP contribution in [0.25, 0.3) is 11.1 Å². The van der Waals surface area contributed by atoms with Crippen LogP contribution in [0, 0.1) is 0 Å². The number of carbonyl (C=O) groups is 2. The van der Waals surface area contributed by atoms with Gasteiger partial charge in [0.25, 0.3) is 0 Å². The maximum absolute atomic E-state index is 12.6. The molecule has 3 aromatic carbocycles. The molecule has 1 heterocycles. The zero-order valence-corrected chi connectivity index (χ0v) is 18.9. The average molecular weight is 459 g/mol. The molecule has 0 spiro atoms. The van der Waals surface area contributed by atoms with Gasteiger partial charge in [-0.3, -0.25) is 0 Å². The van der Waals surface area contributed by atoms with Crippen LogP contribution in [0.4, 0.5) is 4.79 Å². The third-order valence-electron chi connectivity index (χ3n) is 6.09. The number of alkyl carbamates (subject to hydrolysis) is 1. The smallest absolute Gasteiger partial charge is 0.407 e. The van der Waals surface area contributed by atoms with Crippen LogP contribution in [0.15, 0.2) is 66.7 Å². The van der Waals surface area contributed by atoms with Crippen molar-refractivity contribution in [3.63, 3.8) is 0 Å². The Kier molecular flexibility index (Phi) is 5.40. The molecule has 0 bridgehead atoms. The number of carboxylic acids is 1. The van der Waals surface area contributed by atoms with E-state index in [1.165, 1.54) is 0 Å². The molecule has 0 aromatic heterocycles. The van der Waals surface area contributed by atoms with E-state index in [9.17, 15) is 14.7 Å². The van der Waals surface area contributed by atoms with E-state index in [0.717, 1.165) is 22.3 Å². The Hall–Kier alpha value is -4.00. The van der Waals surface area contributed by atoms with E-state index < -0.39 is 23.9 Å². The zero-order chi connectivity index (χ0) is 23.9. The maximum Gasteiger partial charge on any atom is 0.407 e. The van der Waals surface area contributed by atoms with Crippen molar-refractivity contribution in [3.8, 4) is 22.6 Å². The molecule has 1 atom stereocenters. The molecule has 34 heavy (non-hydrogen) atoms. The minimum absolute atomic E-state index is 0.0800. The Labute approximate surface area is 197 Å². The van der Waals surface area contributed by atoms with Gasteiger partial charge in [0, 0.05) is 26.2 Å². The van der Waals surface area contributed by atoms with Gasteiger partial charge in [0.2, 0.25) is 5.79 Å². The van der Waals surface area contributed by atoms with Crippen LogP contribution in [0.1, 0.15) is 36.5 Å². The van der Waals surface area contributed by atoms with Gasteiger partial charge in [0.1, 0.15) is 12.6 Å². The number of nitrogens with one attached hydrogen (secondary N) is 1. The van der Waals surface area contributed by atoms with Crippen molar-refractivity contribution in [2.24, 2.45) is 0 Å². The molecular formula is C27H25NO6. The lowest BCUT2D eigenvalue weighted by Gasteiger charge is -2.18. The first-order valence-corrected chi connectivity index (χ1v) is 11.2. The second kappa shape index (κ2) is 8.41. The lowest BCUT2D eigenvalue weighted by Crippen LogP contribution is -2.42. The van der Waals surface area contributed by atoms with Gasteiger partial charge in [-0.25, -0.2) is 9.59 Å². The highest BCUT2D eigenvalue weighted by Crippen LogP contribution is 2.44. The topological polar surface area (TPSA) is 94.1 Å². The molecule has 0 saturated carbocycles. The van der Waals surface area contributed by atoms with Crippen LogP contribution in [-0.2, 0) is 16.0 Å². The Morgan fingerprint density at radius 3 is 2.24 bits per heavy atom. The van der Waals surface area contributed by atoms with Gasteiger partial charge < -0.3 is 24.6 Å². The fraction of sp³-hybridized carbons (Fsp3) is 0.259. The molecule has 0 fully saturated rings. The van der Waals surface area contributed by atoms with Gasteiger partial charge in [0.05, 0.1) is 0 Å². The highest BCUT2D eigenvalue weighted by molar-refractivity contribution is 5.81. The van der Waals surface area contributed by atoms with Gasteiger partial charge in [-0.2, -0.15) is 0 Å². The first kappa shape index (κ1) is 21.8. The molecule has 1 amide bonds. The number of hydrogen-bond acceptors (Lipinski definition) is 5. The van der Waals surface area contributed by atoms with Crippen molar-refractivity contribution < 1.29 is 28.9 Å². The number of fused-ring (bicyclic) bond motifs is 4. The summed E-state index contributed by atoms with van der Waals surface area (Å²) in [6, 6.07) is 20.2. The van der Waals surface area contributed by atoms with E-state index in [4.69, 9.17) is 14.2 Å². The van der Waals surface area contributed by atoms with E-state index in [1.54, 1.807) is 32.0 Å². The second-order valence-electron chi connectivity index (χ2n) is 8.95. The van der Waals surface area contributed by atoms with Crippen LogP contribution in [0.3, 0.4) is 0 Å². The Bertz CT molecular complexity index is 1220. The number of hydrogen-bond donors (Lipinski definition) is 2. The van der Waals surface area contributed by atoms with Crippen molar-refractivity contribution in [1.29, 1.82) is 0 Å². The summed E-state index contributed by atoms with van der Waals surface area (Å²) in [4.78, 5) is 24.4. The molecule has 0 radical (unpaired) electrons. The van der Waals surface area contributed by atoms with Gasteiger partial charge in [-0.1, -0.05) is 54.6 Å². The Morgan fingerprint density at radius 1 is 0.971 bits per heavy atom. The number of amides is 1. The third kappa shape index (κ3) is 4.17. The minimum atomic E-state index is -1.15. The summed E-state index contributed by atoms with van der Waals surface area (Å²) in [5.74, 6) is -0.866. The second-order valence-corrected chi connectivity index (χ2v) is 8.95. The predicted octanol–water partition coefficient (Wildman–Crippen LogP) is 4.73. The molecule has 2 aliphatic rings. The standard InChI is InChI=1S/C27H25NO6/c1-27(2)33-23-12-11-16(14-24(23)34-27)13-22(25(29)30)28-26(31)32-15-21-19-9-5-3-7-17(19)18-8-4-6-10-20(18)21/h3-12,14,21-22H,13,15H2,1-2H3,(H,28,31)(H,29,30)/t22-/m0/s1. The molecule has 7 heteroatoms. The van der Waals surface area contributed by atoms with Gasteiger partial charge in [0.15, 0.2) is 11.5 Å². The van der Waals surface area contributed by atoms with Crippen molar-refractivity contribution in [2.75, 3.05) is 6.61 Å². The van der Waals surface area contributed by atoms with Crippen LogP contribution in [-0.4, -0.2) is 35.6 Å². The SMILES string of the molecule is CC1(C)Oc2ccc(C[C@H](NC(=O)OCC3c4ccccc4-c4ccccc43)C(=O)O)cc2O1. The van der Waals surface area contributed by atoms with E-state index in [1.807, 2.05) is 36.4 Å². The van der Waals surface area contributed by atoms with Crippen LogP contribution >= 0.6 is 0 Å². The number of rotatable bonds is 6. The monoisotopic (exact) mass is 459 g/mol. The Morgan fingerprint density at radius 2 is 1.59 bits per heavy atom. The summed E-state index contributed by atoms with van der Waals surface area (Å²) >= 11 is 0. The number of benzene rings is 3. The zero-order valence-electron chi connectivity index (χ0n) is 18.9. The van der Waals surface area contributed by atoms with Gasteiger partial charge in [-0.15, -0.1) is 0 Å². The van der Waals surface area contributed by atoms with E-state index in [2.05, 4.69) is 17.4 Å². The summed E-state index contributed by atoms with van der Waals surface area (Å²) in [6.45, 7) is 3.71. The molecule has 0 unspecified atom stereocenters. The highest BCUT2D eigenvalue weighted by atomic mass is 16.7. The van der Waals surface area contributed by atoms with E-state index in [0.29, 0.717) is 17.1 Å². The largest absolute Gasteiger partial charge is 0.480 e. The van der Waals surface area contributed by atoms with Crippen molar-refractivity contribution in [1.82, 2.24) is 5.32 Å². The normalized spacial score (nSPS) is 15.8. The molecule has 3 aromatic rings. The molecule has 0 saturated heterocycles. The first-order valence-electron chi connectivity index (χ1n) is 11.2. The molecule has 7 nitrogen and oxygen atoms in total. The molecular weight excluding hydrogens is 434 g/mol. The summed E-state index contributed by atoms with van der Waals surface area (Å²) in [6.07, 6.45) is -0.688. The highest BCUT2D eigenvalue weighted by Gasteiger charge is 2.33. The average Bonchev–Trinajstić information content (AvgIpc) is 3.29. The van der Waals surface area contributed by atoms with Crippen molar-refractivity contribution in [2.45, 2.75) is 38.0 Å². The minimum Gasteiger partial charge on any atom is -0.480 e. The molecule has 174 valence electrons. The van der Waals surface area contributed by atoms with E-state index in [-0.39, 0.29) is 18.9 Å². The summed E-state index contributed by atoms with van der Waals surface area (Å²) < 4.78 is 16.9. The molecule has 1 aliphatic carbocycles. The summed E-state index contributed by atoms with van der Waals surface area (Å²) in [7, 11) is 0. The number of carboxylic acid groups (broad SMARTS) is 1. The summed E-state index contributed by atoms with van der Waals surface area (Å²) in [5.41, 5.74) is 5.14. The molecule has 1 aliphatic heterocycles. The van der Waals surface area contributed by atoms with Crippen LogP contribution < -0.4 is 14.8 Å². The number of ether oxygens (including phenoxy) is 3. The predicted molar refractivity (Wildman–Crippen MR) is 125 cm³/mol. The number of aliphatic carboxylic acids is 1. The first-order chi connectivity index (χ1) is 16.3. The quantitative estimate of drug-likeness (QED) is 0.554.